The van der Waals surface area contributed by atoms with Crippen molar-refractivity contribution >= 4 is 37.6 Å². The molecule has 0 atom stereocenters. The smallest absolute Gasteiger partial charge is 0.348 e. The Labute approximate surface area is 171 Å². The lowest BCUT2D eigenvalue weighted by Crippen LogP contribution is -2.28. The van der Waals surface area contributed by atoms with Gasteiger partial charge in [-0.1, -0.05) is 18.2 Å². The normalized spacial score (nSPS) is 11.6. The van der Waals surface area contributed by atoms with Gasteiger partial charge >= 0.3 is 16.1 Å². The van der Waals surface area contributed by atoms with Crippen molar-refractivity contribution in [3.63, 3.8) is 0 Å². The summed E-state index contributed by atoms with van der Waals surface area (Å²) in [7, 11) is -3.90. The molecule has 10 heteroatoms. The van der Waals surface area contributed by atoms with E-state index in [9.17, 15) is 18.0 Å². The molecule has 0 N–H and O–H groups in total. The van der Waals surface area contributed by atoms with E-state index in [1.165, 1.54) is 16.7 Å². The maximum atomic E-state index is 13.0. The van der Waals surface area contributed by atoms with Crippen LogP contribution in [0.3, 0.4) is 0 Å². The Balaban J connectivity index is 1.91. The van der Waals surface area contributed by atoms with Gasteiger partial charge in [-0.15, -0.1) is 11.3 Å². The molecule has 0 amide bonds. The third-order valence-electron chi connectivity index (χ3n) is 4.23. The Bertz CT molecular complexity index is 1210. The van der Waals surface area contributed by atoms with Crippen molar-refractivity contribution in [3.8, 4) is 5.75 Å². The zero-order valence-corrected chi connectivity index (χ0v) is 17.8. The molecule has 0 saturated carbocycles. The summed E-state index contributed by atoms with van der Waals surface area (Å²) in [5.74, 6) is -0.341. The number of aryl methyl sites for hydroxylation is 2. The van der Waals surface area contributed by atoms with Crippen LogP contribution in [0.5, 0.6) is 5.75 Å². The molecule has 8 nitrogen and oxygen atoms in total. The SMILES string of the molecule is CCOC(=O)c1sc2nc(C)n(CCS(=O)(=O)Oc3ccccc3)c(=O)c2c1C. The van der Waals surface area contributed by atoms with E-state index in [-0.39, 0.29) is 18.9 Å². The fourth-order valence-corrected chi connectivity index (χ4v) is 4.85. The number of ether oxygens (including phenoxy) is 1. The Kier molecular flexibility index (Phi) is 6.04. The van der Waals surface area contributed by atoms with E-state index in [1.807, 2.05) is 0 Å². The van der Waals surface area contributed by atoms with E-state index in [2.05, 4.69) is 4.98 Å². The first-order chi connectivity index (χ1) is 13.7. The van der Waals surface area contributed by atoms with Crippen LogP contribution in [0.1, 0.15) is 28.0 Å². The predicted molar refractivity (Wildman–Crippen MR) is 110 cm³/mol. The van der Waals surface area contributed by atoms with E-state index in [0.29, 0.717) is 26.5 Å². The van der Waals surface area contributed by atoms with E-state index in [1.54, 1.807) is 39.0 Å². The van der Waals surface area contributed by atoms with Crippen molar-refractivity contribution in [3.05, 3.63) is 57.0 Å². The Morgan fingerprint density at radius 2 is 1.90 bits per heavy atom. The van der Waals surface area contributed by atoms with Crippen LogP contribution in [0.15, 0.2) is 35.1 Å². The first kappa shape index (κ1) is 21.0. The van der Waals surface area contributed by atoms with Crippen LogP contribution in [-0.4, -0.2) is 36.3 Å². The van der Waals surface area contributed by atoms with Crippen LogP contribution in [0, 0.1) is 13.8 Å². The summed E-state index contributed by atoms with van der Waals surface area (Å²) < 4.78 is 35.9. The fourth-order valence-electron chi connectivity index (χ4n) is 2.84. The average molecular weight is 437 g/mol. The van der Waals surface area contributed by atoms with E-state index >= 15 is 0 Å². The summed E-state index contributed by atoms with van der Waals surface area (Å²) >= 11 is 1.09. The minimum atomic E-state index is -3.90. The molecule has 29 heavy (non-hydrogen) atoms. The highest BCUT2D eigenvalue weighted by Gasteiger charge is 2.22. The van der Waals surface area contributed by atoms with Gasteiger partial charge in [-0.3, -0.25) is 9.36 Å². The topological polar surface area (TPSA) is 105 Å². The van der Waals surface area contributed by atoms with Gasteiger partial charge in [0.2, 0.25) is 0 Å². The summed E-state index contributed by atoms with van der Waals surface area (Å²) in [6.45, 7) is 5.08. The summed E-state index contributed by atoms with van der Waals surface area (Å²) in [5.41, 5.74) is 0.0878. The van der Waals surface area contributed by atoms with Gasteiger partial charge in [0.1, 0.15) is 27.0 Å². The maximum Gasteiger partial charge on any atom is 0.348 e. The Hall–Kier alpha value is -2.72. The number of carbonyl (C=O) groups is 1. The van der Waals surface area contributed by atoms with Crippen LogP contribution in [-0.2, 0) is 21.4 Å². The van der Waals surface area contributed by atoms with Crippen LogP contribution < -0.4 is 9.74 Å². The number of fused-ring (bicyclic) bond motifs is 1. The molecule has 1 aromatic carbocycles. The molecule has 0 unspecified atom stereocenters. The first-order valence-electron chi connectivity index (χ1n) is 8.88. The number of benzene rings is 1. The highest BCUT2D eigenvalue weighted by atomic mass is 32.2. The second-order valence-electron chi connectivity index (χ2n) is 6.23. The van der Waals surface area contributed by atoms with Gasteiger partial charge in [0.15, 0.2) is 0 Å². The number of para-hydroxylation sites is 1. The summed E-state index contributed by atoms with van der Waals surface area (Å²) in [5, 5.41) is 0.296. The second-order valence-corrected chi connectivity index (χ2v) is 8.92. The highest BCUT2D eigenvalue weighted by Crippen LogP contribution is 2.28. The number of rotatable bonds is 7. The van der Waals surface area contributed by atoms with Crippen molar-refractivity contribution < 1.29 is 22.1 Å². The standard InChI is InChI=1S/C19H20N2O6S2/c1-4-26-19(23)16-12(2)15-17(28-16)20-13(3)21(18(15)22)10-11-29(24,25)27-14-8-6-5-7-9-14/h5-9H,4,10-11H2,1-3H3. The van der Waals surface area contributed by atoms with Crippen LogP contribution in [0.25, 0.3) is 10.2 Å². The van der Waals surface area contributed by atoms with Gasteiger partial charge in [0, 0.05) is 6.54 Å². The number of thiophene rings is 1. The number of nitrogens with zero attached hydrogens (tertiary/aromatic N) is 2. The Morgan fingerprint density at radius 1 is 1.21 bits per heavy atom. The second kappa shape index (κ2) is 8.34. The minimum Gasteiger partial charge on any atom is -0.462 e. The molecule has 0 aliphatic carbocycles. The minimum absolute atomic E-state index is 0.118. The molecule has 0 radical (unpaired) electrons. The quantitative estimate of drug-likeness (QED) is 0.414. The van der Waals surface area contributed by atoms with Gasteiger partial charge < -0.3 is 8.92 Å². The monoisotopic (exact) mass is 436 g/mol. The summed E-state index contributed by atoms with van der Waals surface area (Å²) in [4.78, 5) is 30.2. The number of hydrogen-bond donors (Lipinski definition) is 0. The first-order valence-corrected chi connectivity index (χ1v) is 11.3. The van der Waals surface area contributed by atoms with E-state index in [0.717, 1.165) is 11.3 Å². The molecular weight excluding hydrogens is 416 g/mol. The molecule has 0 aliphatic heterocycles. The lowest BCUT2D eigenvalue weighted by molar-refractivity contribution is 0.0531. The van der Waals surface area contributed by atoms with Gasteiger partial charge in [-0.25, -0.2) is 9.78 Å². The lowest BCUT2D eigenvalue weighted by atomic mass is 10.2. The highest BCUT2D eigenvalue weighted by molar-refractivity contribution is 7.87. The largest absolute Gasteiger partial charge is 0.462 e. The molecule has 0 fully saturated rings. The molecule has 3 aromatic rings. The zero-order chi connectivity index (χ0) is 21.2. The van der Waals surface area contributed by atoms with Crippen molar-refractivity contribution in [2.24, 2.45) is 0 Å². The molecule has 0 aliphatic rings. The van der Waals surface area contributed by atoms with Gasteiger partial charge in [0.25, 0.3) is 5.56 Å². The van der Waals surface area contributed by atoms with Crippen LogP contribution in [0.4, 0.5) is 0 Å². The zero-order valence-electron chi connectivity index (χ0n) is 16.2. The summed E-state index contributed by atoms with van der Waals surface area (Å²) in [6, 6.07) is 8.15. The molecular formula is C19H20N2O6S2. The van der Waals surface area contributed by atoms with Crippen LogP contribution in [0.2, 0.25) is 0 Å². The molecule has 154 valence electrons. The van der Waals surface area contributed by atoms with Crippen molar-refractivity contribution in [2.75, 3.05) is 12.4 Å². The predicted octanol–water partition coefficient (Wildman–Crippen LogP) is 2.66. The number of carbonyl (C=O) groups excluding carboxylic acids is 1. The van der Waals surface area contributed by atoms with E-state index < -0.39 is 27.4 Å². The lowest BCUT2D eigenvalue weighted by Gasteiger charge is -2.11. The molecule has 3 rings (SSSR count). The molecule has 0 spiro atoms. The van der Waals surface area contributed by atoms with Crippen molar-refractivity contribution in [2.45, 2.75) is 27.3 Å². The molecule has 0 saturated heterocycles. The Morgan fingerprint density at radius 3 is 2.55 bits per heavy atom. The number of hydrogen-bond acceptors (Lipinski definition) is 8. The van der Waals surface area contributed by atoms with E-state index in [4.69, 9.17) is 8.92 Å². The summed E-state index contributed by atoms with van der Waals surface area (Å²) in [6.07, 6.45) is 0. The fraction of sp³-hybridized carbons (Fsp3) is 0.316. The number of esters is 1. The molecule has 0 bridgehead atoms. The third-order valence-corrected chi connectivity index (χ3v) is 6.53. The molecule has 2 heterocycles. The molecule has 2 aromatic heterocycles. The van der Waals surface area contributed by atoms with Crippen molar-refractivity contribution in [1.29, 1.82) is 0 Å². The third kappa shape index (κ3) is 4.48. The van der Waals surface area contributed by atoms with Gasteiger partial charge in [-0.05, 0) is 38.5 Å². The van der Waals surface area contributed by atoms with Crippen LogP contribution >= 0.6 is 11.3 Å². The van der Waals surface area contributed by atoms with Gasteiger partial charge in [0.05, 0.1) is 12.0 Å². The average Bonchev–Trinajstić information content (AvgIpc) is 2.98. The maximum absolute atomic E-state index is 13.0. The van der Waals surface area contributed by atoms with Crippen molar-refractivity contribution in [1.82, 2.24) is 9.55 Å². The number of aromatic nitrogens is 2. The van der Waals surface area contributed by atoms with Gasteiger partial charge in [-0.2, -0.15) is 8.42 Å².